The second-order valence-corrected chi connectivity index (χ2v) is 4.60. The predicted octanol–water partition coefficient (Wildman–Crippen LogP) is 1.04. The lowest BCUT2D eigenvalue weighted by Crippen LogP contribution is -2.37. The van der Waals surface area contributed by atoms with Crippen LogP contribution in [0.1, 0.15) is 0 Å². The molecule has 0 saturated heterocycles. The summed E-state index contributed by atoms with van der Waals surface area (Å²) in [5.41, 5.74) is 5.30. The van der Waals surface area contributed by atoms with Crippen LogP contribution >= 0.6 is 27.7 Å². The minimum Gasteiger partial charge on any atom is -0.480 e. The van der Waals surface area contributed by atoms with Crippen molar-refractivity contribution in [1.29, 1.82) is 0 Å². The number of aliphatic carboxylic acids is 1. The molecule has 0 spiro atoms. The van der Waals surface area contributed by atoms with Crippen molar-refractivity contribution in [2.24, 2.45) is 5.73 Å². The van der Waals surface area contributed by atoms with Gasteiger partial charge in [-0.05, 0) is 0 Å². The van der Waals surface area contributed by atoms with E-state index in [9.17, 15) is 4.79 Å². The van der Waals surface area contributed by atoms with Crippen molar-refractivity contribution in [3.05, 3.63) is 12.7 Å². The Bertz CT molecular complexity index is 154. The molecule has 0 aliphatic carbocycles. The van der Waals surface area contributed by atoms with E-state index in [1.807, 2.05) is 0 Å². The van der Waals surface area contributed by atoms with Crippen LogP contribution in [0.25, 0.3) is 0 Å². The molecule has 0 saturated carbocycles. The first kappa shape index (κ1) is 11.0. The zero-order valence-corrected chi connectivity index (χ0v) is 8.27. The van der Waals surface area contributed by atoms with Crippen molar-refractivity contribution in [2.75, 3.05) is 5.75 Å². The van der Waals surface area contributed by atoms with E-state index in [1.54, 1.807) is 6.08 Å². The maximum atomic E-state index is 10.3. The van der Waals surface area contributed by atoms with E-state index >= 15 is 0 Å². The molecular weight excluding hydrogens is 230 g/mol. The van der Waals surface area contributed by atoms with Gasteiger partial charge in [0.15, 0.2) is 0 Å². The van der Waals surface area contributed by atoms with Crippen LogP contribution in [-0.4, -0.2) is 27.0 Å². The monoisotopic (exact) mass is 239 g/mol. The number of rotatable bonds is 5. The third-order valence-corrected chi connectivity index (χ3v) is 3.34. The van der Waals surface area contributed by atoms with Gasteiger partial charge in [0.2, 0.25) is 0 Å². The Morgan fingerprint density at radius 2 is 2.45 bits per heavy atom. The zero-order chi connectivity index (χ0) is 8.85. The summed E-state index contributed by atoms with van der Waals surface area (Å²) in [5, 5.41) is 8.46. The average molecular weight is 240 g/mol. The van der Waals surface area contributed by atoms with E-state index in [0.717, 1.165) is 0 Å². The van der Waals surface area contributed by atoms with Gasteiger partial charge < -0.3 is 10.8 Å². The van der Waals surface area contributed by atoms with Crippen LogP contribution in [-0.2, 0) is 4.79 Å². The Labute approximate surface area is 78.2 Å². The van der Waals surface area contributed by atoms with Crippen LogP contribution in [0.2, 0.25) is 0 Å². The maximum absolute atomic E-state index is 10.3. The summed E-state index contributed by atoms with van der Waals surface area (Å²) >= 11 is 4.56. The second kappa shape index (κ2) is 5.62. The highest BCUT2D eigenvalue weighted by Gasteiger charge is 2.20. The molecule has 0 amide bonds. The molecule has 5 heteroatoms. The molecule has 11 heavy (non-hydrogen) atoms. The SMILES string of the molecule is C=CCSC(Br)C(N)C(=O)O. The highest BCUT2D eigenvalue weighted by atomic mass is 79.9. The summed E-state index contributed by atoms with van der Waals surface area (Å²) in [7, 11) is 0. The highest BCUT2D eigenvalue weighted by Crippen LogP contribution is 2.19. The lowest BCUT2D eigenvalue weighted by Gasteiger charge is -2.11. The van der Waals surface area contributed by atoms with Gasteiger partial charge in [0.05, 0.1) is 4.16 Å². The van der Waals surface area contributed by atoms with Gasteiger partial charge in [0.1, 0.15) is 6.04 Å². The molecule has 0 heterocycles. The molecule has 2 atom stereocenters. The molecule has 3 nitrogen and oxygen atoms in total. The Kier molecular flexibility index (Phi) is 5.62. The van der Waals surface area contributed by atoms with E-state index in [-0.39, 0.29) is 4.16 Å². The van der Waals surface area contributed by atoms with Gasteiger partial charge in [-0.25, -0.2) is 0 Å². The Hall–Kier alpha value is -0.000000000000000111. The first-order valence-electron chi connectivity index (χ1n) is 2.94. The molecule has 64 valence electrons. The summed E-state index contributed by atoms with van der Waals surface area (Å²) < 4.78 is -0.252. The van der Waals surface area contributed by atoms with E-state index in [0.29, 0.717) is 5.75 Å². The molecule has 0 radical (unpaired) electrons. The quantitative estimate of drug-likeness (QED) is 0.556. The van der Waals surface area contributed by atoms with Crippen molar-refractivity contribution in [3.8, 4) is 0 Å². The van der Waals surface area contributed by atoms with Crippen molar-refractivity contribution in [3.63, 3.8) is 0 Å². The van der Waals surface area contributed by atoms with E-state index in [1.165, 1.54) is 11.8 Å². The van der Waals surface area contributed by atoms with Crippen LogP contribution in [0, 0.1) is 0 Å². The highest BCUT2D eigenvalue weighted by molar-refractivity contribution is 9.11. The molecule has 0 fully saturated rings. The number of carbonyl (C=O) groups is 1. The van der Waals surface area contributed by atoms with Crippen molar-refractivity contribution < 1.29 is 9.90 Å². The molecule has 0 aromatic carbocycles. The molecule has 2 unspecified atom stereocenters. The fourth-order valence-corrected chi connectivity index (χ4v) is 1.70. The summed E-state index contributed by atoms with van der Waals surface area (Å²) in [4.78, 5) is 10.3. The van der Waals surface area contributed by atoms with Crippen molar-refractivity contribution in [2.45, 2.75) is 10.2 Å². The van der Waals surface area contributed by atoms with Gasteiger partial charge in [-0.15, -0.1) is 18.3 Å². The maximum Gasteiger partial charge on any atom is 0.322 e. The van der Waals surface area contributed by atoms with Crippen molar-refractivity contribution in [1.82, 2.24) is 0 Å². The minimum atomic E-state index is -0.997. The predicted molar refractivity (Wildman–Crippen MR) is 51.0 cm³/mol. The fraction of sp³-hybridized carbons (Fsp3) is 0.500. The van der Waals surface area contributed by atoms with E-state index in [4.69, 9.17) is 10.8 Å². The first-order chi connectivity index (χ1) is 5.09. The molecule has 0 aromatic rings. The summed E-state index contributed by atoms with van der Waals surface area (Å²) in [5.74, 6) is -0.305. The zero-order valence-electron chi connectivity index (χ0n) is 5.87. The minimum absolute atomic E-state index is 0.252. The number of carboxylic acid groups (broad SMARTS) is 1. The Morgan fingerprint density at radius 3 is 2.82 bits per heavy atom. The van der Waals surface area contributed by atoms with Gasteiger partial charge in [-0.3, -0.25) is 4.79 Å². The molecule has 0 aliphatic heterocycles. The van der Waals surface area contributed by atoms with Gasteiger partial charge in [-0.1, -0.05) is 22.0 Å². The largest absolute Gasteiger partial charge is 0.480 e. The number of nitrogens with two attached hydrogens (primary N) is 1. The number of carboxylic acids is 1. The van der Waals surface area contributed by atoms with Crippen LogP contribution in [0.3, 0.4) is 0 Å². The molecule has 0 rings (SSSR count). The Morgan fingerprint density at radius 1 is 1.91 bits per heavy atom. The number of hydrogen-bond donors (Lipinski definition) is 2. The molecule has 0 aromatic heterocycles. The van der Waals surface area contributed by atoms with Crippen LogP contribution in [0.5, 0.6) is 0 Å². The number of halogens is 1. The molecule has 0 aliphatic rings. The van der Waals surface area contributed by atoms with Crippen LogP contribution in [0.15, 0.2) is 12.7 Å². The van der Waals surface area contributed by atoms with Gasteiger partial charge in [0, 0.05) is 5.75 Å². The standard InChI is InChI=1S/C6H10BrNO2S/c1-2-3-11-5(7)4(8)6(9)10/h2,4-5H,1,3,8H2,(H,9,10). The Balaban J connectivity index is 3.72. The molecule has 0 bridgehead atoms. The van der Waals surface area contributed by atoms with Gasteiger partial charge in [-0.2, -0.15) is 0 Å². The smallest absolute Gasteiger partial charge is 0.322 e. The molecular formula is C6H10BrNO2S. The lowest BCUT2D eigenvalue weighted by molar-refractivity contribution is -0.138. The normalized spacial score (nSPS) is 15.5. The third-order valence-electron chi connectivity index (χ3n) is 0.941. The first-order valence-corrected chi connectivity index (χ1v) is 4.91. The van der Waals surface area contributed by atoms with Gasteiger partial charge in [0.25, 0.3) is 0 Å². The average Bonchev–Trinajstić information content (AvgIpc) is 1.98. The molecule has 3 N–H and O–H groups in total. The van der Waals surface area contributed by atoms with E-state index < -0.39 is 12.0 Å². The number of hydrogen-bond acceptors (Lipinski definition) is 3. The summed E-state index contributed by atoms with van der Waals surface area (Å²) in [6.45, 7) is 3.51. The van der Waals surface area contributed by atoms with Crippen molar-refractivity contribution >= 4 is 33.7 Å². The number of thioether (sulfide) groups is 1. The topological polar surface area (TPSA) is 63.3 Å². The number of alkyl halides is 1. The third kappa shape index (κ3) is 4.44. The van der Waals surface area contributed by atoms with Crippen LogP contribution < -0.4 is 5.73 Å². The summed E-state index contributed by atoms with van der Waals surface area (Å²) in [6, 6.07) is -0.861. The van der Waals surface area contributed by atoms with E-state index in [2.05, 4.69) is 22.5 Å². The second-order valence-electron chi connectivity index (χ2n) is 1.84. The van der Waals surface area contributed by atoms with Gasteiger partial charge >= 0.3 is 5.97 Å². The van der Waals surface area contributed by atoms with Crippen LogP contribution in [0.4, 0.5) is 0 Å². The summed E-state index contributed by atoms with van der Waals surface area (Å²) in [6.07, 6.45) is 1.70. The fourth-order valence-electron chi connectivity index (χ4n) is 0.376. The lowest BCUT2D eigenvalue weighted by atomic mass is 10.4.